The third-order valence-corrected chi connectivity index (χ3v) is 4.85. The Kier molecular flexibility index (Phi) is 6.90. The van der Waals surface area contributed by atoms with Gasteiger partial charge in [-0.25, -0.2) is 0 Å². The number of aromatic nitrogens is 1. The fourth-order valence-corrected chi connectivity index (χ4v) is 3.25. The van der Waals surface area contributed by atoms with E-state index in [2.05, 4.69) is 15.2 Å². The number of hydrogen-bond donors (Lipinski definition) is 2. The molecule has 2 aromatic carbocycles. The van der Waals surface area contributed by atoms with Crippen LogP contribution in [0.3, 0.4) is 0 Å². The van der Waals surface area contributed by atoms with Crippen molar-refractivity contribution in [3.63, 3.8) is 0 Å². The number of pyridine rings is 1. The zero-order valence-electron chi connectivity index (χ0n) is 16.5. The second kappa shape index (κ2) is 9.58. The summed E-state index contributed by atoms with van der Waals surface area (Å²) in [5.74, 6) is -0.0613. The predicted octanol–water partition coefficient (Wildman–Crippen LogP) is 4.72. The van der Waals surface area contributed by atoms with Gasteiger partial charge in [0.15, 0.2) is 0 Å². The van der Waals surface area contributed by atoms with Crippen molar-refractivity contribution in [2.24, 2.45) is 0 Å². The molecule has 0 amide bonds. The number of phenolic OH excluding ortho intramolecular Hbond substituents is 1. The highest BCUT2D eigenvalue weighted by atomic mass is 35.5. The van der Waals surface area contributed by atoms with E-state index in [1.54, 1.807) is 12.3 Å². The third kappa shape index (κ3) is 5.59. The Labute approximate surface area is 175 Å². The summed E-state index contributed by atoms with van der Waals surface area (Å²) in [6.45, 7) is 5.67. The Bertz CT molecular complexity index is 1010. The minimum atomic E-state index is -0.291. The van der Waals surface area contributed by atoms with Crippen molar-refractivity contribution in [2.75, 3.05) is 25.0 Å². The molecule has 0 aliphatic heterocycles. The van der Waals surface area contributed by atoms with Gasteiger partial charge in [-0.05, 0) is 49.0 Å². The Morgan fingerprint density at radius 3 is 2.83 bits per heavy atom. The van der Waals surface area contributed by atoms with Crippen molar-refractivity contribution in [3.05, 3.63) is 59.2 Å². The van der Waals surface area contributed by atoms with E-state index in [1.165, 1.54) is 6.92 Å². The van der Waals surface area contributed by atoms with E-state index in [1.807, 2.05) is 43.3 Å². The summed E-state index contributed by atoms with van der Waals surface area (Å²) < 4.78 is 5.02. The fourth-order valence-electron chi connectivity index (χ4n) is 3.08. The minimum Gasteiger partial charge on any atom is -0.508 e. The van der Waals surface area contributed by atoms with Gasteiger partial charge in [0.1, 0.15) is 12.4 Å². The number of anilines is 2. The van der Waals surface area contributed by atoms with E-state index < -0.39 is 0 Å². The van der Waals surface area contributed by atoms with E-state index in [9.17, 15) is 9.90 Å². The maximum Gasteiger partial charge on any atom is 0.302 e. The number of fused-ring (bicyclic) bond motifs is 1. The highest BCUT2D eigenvalue weighted by Crippen LogP contribution is 2.29. The smallest absolute Gasteiger partial charge is 0.302 e. The number of hydrogen-bond acceptors (Lipinski definition) is 6. The second-order valence-electron chi connectivity index (χ2n) is 6.70. The van der Waals surface area contributed by atoms with Gasteiger partial charge in [-0.2, -0.15) is 0 Å². The molecule has 29 heavy (non-hydrogen) atoms. The molecule has 0 fully saturated rings. The van der Waals surface area contributed by atoms with Crippen LogP contribution in [-0.2, 0) is 16.1 Å². The number of carbonyl (C=O) groups is 1. The lowest BCUT2D eigenvalue weighted by Crippen LogP contribution is -2.27. The first kappa shape index (κ1) is 20.9. The molecule has 0 bridgehead atoms. The highest BCUT2D eigenvalue weighted by molar-refractivity contribution is 6.31. The van der Waals surface area contributed by atoms with E-state index >= 15 is 0 Å². The molecule has 0 aliphatic carbocycles. The van der Waals surface area contributed by atoms with Crippen LogP contribution >= 0.6 is 11.6 Å². The number of esters is 1. The summed E-state index contributed by atoms with van der Waals surface area (Å²) in [4.78, 5) is 17.4. The number of halogens is 1. The second-order valence-corrected chi connectivity index (χ2v) is 7.13. The van der Waals surface area contributed by atoms with Crippen LogP contribution in [0.25, 0.3) is 10.9 Å². The molecular weight excluding hydrogens is 390 g/mol. The summed E-state index contributed by atoms with van der Waals surface area (Å²) in [5.41, 5.74) is 3.37. The van der Waals surface area contributed by atoms with Gasteiger partial charge in [-0.1, -0.05) is 18.5 Å². The SMILES string of the molecule is CCN(CCOC(C)=O)Cc1cc(Nc2ccnc3cc(Cl)ccc23)ccc1O. The lowest BCUT2D eigenvalue weighted by atomic mass is 10.1. The quantitative estimate of drug-likeness (QED) is 0.411. The van der Waals surface area contributed by atoms with Crippen molar-refractivity contribution >= 4 is 39.8 Å². The van der Waals surface area contributed by atoms with Crippen LogP contribution in [0.15, 0.2) is 48.7 Å². The lowest BCUT2D eigenvalue weighted by molar-refractivity contribution is -0.141. The molecule has 152 valence electrons. The molecule has 0 saturated carbocycles. The number of likely N-dealkylation sites (N-methyl/N-ethyl adjacent to an activating group) is 1. The number of nitrogens with one attached hydrogen (secondary N) is 1. The van der Waals surface area contributed by atoms with Gasteiger partial charge in [0.25, 0.3) is 0 Å². The van der Waals surface area contributed by atoms with E-state index in [4.69, 9.17) is 16.3 Å². The average Bonchev–Trinajstić information content (AvgIpc) is 2.69. The number of carbonyl (C=O) groups excluding carboxylic acids is 1. The Balaban J connectivity index is 1.78. The molecule has 0 saturated heterocycles. The number of benzene rings is 2. The lowest BCUT2D eigenvalue weighted by Gasteiger charge is -2.21. The summed E-state index contributed by atoms with van der Waals surface area (Å²) in [6.07, 6.45) is 1.73. The minimum absolute atomic E-state index is 0.229. The average molecular weight is 414 g/mol. The predicted molar refractivity (Wildman–Crippen MR) is 116 cm³/mol. The maximum absolute atomic E-state index is 11.0. The molecular formula is C22H24ClN3O3. The number of phenols is 1. The normalized spacial score (nSPS) is 11.0. The zero-order valence-corrected chi connectivity index (χ0v) is 17.2. The Morgan fingerprint density at radius 1 is 1.24 bits per heavy atom. The molecule has 3 aromatic rings. The van der Waals surface area contributed by atoms with Crippen LogP contribution < -0.4 is 5.32 Å². The molecule has 0 unspecified atom stereocenters. The first-order chi connectivity index (χ1) is 14.0. The third-order valence-electron chi connectivity index (χ3n) is 4.62. The molecule has 2 N–H and O–H groups in total. The first-order valence-electron chi connectivity index (χ1n) is 9.45. The van der Waals surface area contributed by atoms with Gasteiger partial charge in [0.05, 0.1) is 5.52 Å². The van der Waals surface area contributed by atoms with Crippen LogP contribution in [0.4, 0.5) is 11.4 Å². The van der Waals surface area contributed by atoms with Gasteiger partial charge in [-0.15, -0.1) is 0 Å². The Morgan fingerprint density at radius 2 is 2.07 bits per heavy atom. The molecule has 0 atom stereocenters. The highest BCUT2D eigenvalue weighted by Gasteiger charge is 2.10. The molecule has 0 spiro atoms. The molecule has 1 aromatic heterocycles. The van der Waals surface area contributed by atoms with E-state index in [0.717, 1.165) is 34.4 Å². The monoisotopic (exact) mass is 413 g/mol. The Hall–Kier alpha value is -2.83. The van der Waals surface area contributed by atoms with Crippen molar-refractivity contribution in [2.45, 2.75) is 20.4 Å². The topological polar surface area (TPSA) is 74.7 Å². The van der Waals surface area contributed by atoms with Gasteiger partial charge < -0.3 is 15.2 Å². The summed E-state index contributed by atoms with van der Waals surface area (Å²) in [5, 5.41) is 15.3. The van der Waals surface area contributed by atoms with Crippen molar-refractivity contribution in [1.82, 2.24) is 9.88 Å². The van der Waals surface area contributed by atoms with Crippen LogP contribution in [0.2, 0.25) is 5.02 Å². The van der Waals surface area contributed by atoms with Crippen molar-refractivity contribution in [1.29, 1.82) is 0 Å². The van der Waals surface area contributed by atoms with Crippen molar-refractivity contribution in [3.8, 4) is 5.75 Å². The largest absolute Gasteiger partial charge is 0.508 e. The number of nitrogens with zero attached hydrogens (tertiary/aromatic N) is 2. The van der Waals surface area contributed by atoms with E-state index in [0.29, 0.717) is 24.7 Å². The van der Waals surface area contributed by atoms with Gasteiger partial charge in [0, 0.05) is 53.6 Å². The number of ether oxygens (including phenoxy) is 1. The molecule has 0 aliphatic rings. The summed E-state index contributed by atoms with van der Waals surface area (Å²) >= 11 is 6.06. The van der Waals surface area contributed by atoms with Gasteiger partial charge in [0.2, 0.25) is 0 Å². The summed E-state index contributed by atoms with van der Waals surface area (Å²) in [6, 6.07) is 12.9. The van der Waals surface area contributed by atoms with Gasteiger partial charge >= 0.3 is 5.97 Å². The molecule has 3 rings (SSSR count). The fraction of sp³-hybridized carbons (Fsp3) is 0.273. The number of aromatic hydroxyl groups is 1. The van der Waals surface area contributed by atoms with Crippen molar-refractivity contribution < 1.29 is 14.6 Å². The van der Waals surface area contributed by atoms with E-state index in [-0.39, 0.29) is 11.7 Å². The first-order valence-corrected chi connectivity index (χ1v) is 9.83. The van der Waals surface area contributed by atoms with Crippen LogP contribution in [0, 0.1) is 0 Å². The zero-order chi connectivity index (χ0) is 20.8. The summed E-state index contributed by atoms with van der Waals surface area (Å²) in [7, 11) is 0. The molecule has 6 nitrogen and oxygen atoms in total. The molecule has 1 heterocycles. The van der Waals surface area contributed by atoms with Gasteiger partial charge in [-0.3, -0.25) is 14.7 Å². The number of rotatable bonds is 8. The van der Waals surface area contributed by atoms with Crippen LogP contribution in [0.1, 0.15) is 19.4 Å². The molecule has 0 radical (unpaired) electrons. The standard InChI is InChI=1S/C22H24ClN3O3/c1-3-26(10-11-29-15(2)27)14-16-12-18(5-7-22(16)28)25-20-8-9-24-21-13-17(23)4-6-19(20)21/h4-9,12-13,28H,3,10-11,14H2,1-2H3,(H,24,25). The van der Waals surface area contributed by atoms with Crippen LogP contribution in [-0.4, -0.2) is 40.7 Å². The van der Waals surface area contributed by atoms with Crippen LogP contribution in [0.5, 0.6) is 5.75 Å². The maximum atomic E-state index is 11.0. The molecule has 7 heteroatoms.